The van der Waals surface area contributed by atoms with Crippen molar-refractivity contribution >= 4 is 29.2 Å². The van der Waals surface area contributed by atoms with Gasteiger partial charge in [0.05, 0.1) is 5.02 Å². The number of halogens is 1. The van der Waals surface area contributed by atoms with Crippen LogP contribution in [0.4, 0.5) is 5.82 Å². The van der Waals surface area contributed by atoms with E-state index in [-0.39, 0.29) is 0 Å². The molecule has 2 aromatic rings. The third-order valence-electron chi connectivity index (χ3n) is 2.87. The molecule has 0 aliphatic rings. The number of hydrogen-bond donors (Lipinski definition) is 1. The van der Waals surface area contributed by atoms with Crippen molar-refractivity contribution in [2.45, 2.75) is 43.2 Å². The summed E-state index contributed by atoms with van der Waals surface area (Å²) in [5, 5.41) is 5.71. The average molecular weight is 323 g/mol. The lowest BCUT2D eigenvalue weighted by molar-refractivity contribution is 0.848. The Bertz CT molecular complexity index is 592. The fourth-order valence-corrected chi connectivity index (χ4v) is 3.01. The summed E-state index contributed by atoms with van der Waals surface area (Å²) in [7, 11) is 0. The second-order valence-corrected chi connectivity index (χ2v) is 5.96. The highest BCUT2D eigenvalue weighted by molar-refractivity contribution is 7.99. The SMILES string of the molecule is CCCNc1ncnc(Sc2ncccc2Cl)c1CCC. The van der Waals surface area contributed by atoms with Gasteiger partial charge in [-0.05, 0) is 36.7 Å². The Labute approximate surface area is 134 Å². The van der Waals surface area contributed by atoms with E-state index in [9.17, 15) is 0 Å². The standard InChI is InChI=1S/C15H19ClN4S/c1-3-6-11-13(17-8-4-2)19-10-20-14(11)21-15-12(16)7-5-9-18-15/h5,7,9-10H,3-4,6,8H2,1-2H3,(H,17,19,20). The predicted molar refractivity (Wildman–Crippen MR) is 88.2 cm³/mol. The van der Waals surface area contributed by atoms with Gasteiger partial charge in [-0.15, -0.1) is 0 Å². The maximum absolute atomic E-state index is 6.18. The van der Waals surface area contributed by atoms with E-state index in [0.717, 1.165) is 47.2 Å². The van der Waals surface area contributed by atoms with Crippen LogP contribution in [-0.2, 0) is 6.42 Å². The van der Waals surface area contributed by atoms with Crippen molar-refractivity contribution in [1.82, 2.24) is 15.0 Å². The van der Waals surface area contributed by atoms with E-state index in [1.165, 1.54) is 11.8 Å². The highest BCUT2D eigenvalue weighted by Crippen LogP contribution is 2.34. The molecular weight excluding hydrogens is 304 g/mol. The topological polar surface area (TPSA) is 50.7 Å². The molecule has 1 N–H and O–H groups in total. The van der Waals surface area contributed by atoms with Gasteiger partial charge in [0.2, 0.25) is 0 Å². The third-order valence-corrected chi connectivity index (χ3v) is 4.35. The molecule has 0 fully saturated rings. The van der Waals surface area contributed by atoms with Crippen LogP contribution in [0.25, 0.3) is 0 Å². The number of pyridine rings is 1. The molecule has 4 nitrogen and oxygen atoms in total. The van der Waals surface area contributed by atoms with Gasteiger partial charge < -0.3 is 5.32 Å². The van der Waals surface area contributed by atoms with Gasteiger partial charge in [-0.25, -0.2) is 15.0 Å². The maximum Gasteiger partial charge on any atom is 0.133 e. The molecule has 0 atom stereocenters. The lowest BCUT2D eigenvalue weighted by Crippen LogP contribution is -2.07. The molecular formula is C15H19ClN4S. The summed E-state index contributed by atoms with van der Waals surface area (Å²) >= 11 is 7.68. The van der Waals surface area contributed by atoms with Crippen LogP contribution in [0, 0.1) is 0 Å². The smallest absolute Gasteiger partial charge is 0.133 e. The van der Waals surface area contributed by atoms with Crippen LogP contribution in [0.2, 0.25) is 5.02 Å². The first-order chi connectivity index (χ1) is 10.3. The number of nitrogens with one attached hydrogen (secondary N) is 1. The summed E-state index contributed by atoms with van der Waals surface area (Å²) in [5.41, 5.74) is 1.14. The average Bonchev–Trinajstić information content (AvgIpc) is 2.50. The molecule has 0 saturated carbocycles. The fraction of sp³-hybridized carbons (Fsp3) is 0.400. The summed E-state index contributed by atoms with van der Waals surface area (Å²) in [6.07, 6.45) is 6.36. The van der Waals surface area contributed by atoms with Gasteiger partial charge in [-0.3, -0.25) is 0 Å². The minimum absolute atomic E-state index is 0.645. The quantitative estimate of drug-likeness (QED) is 0.763. The van der Waals surface area contributed by atoms with Crippen LogP contribution in [0.1, 0.15) is 32.3 Å². The van der Waals surface area contributed by atoms with Gasteiger partial charge in [-0.2, -0.15) is 0 Å². The zero-order valence-electron chi connectivity index (χ0n) is 12.3. The Morgan fingerprint density at radius 1 is 1.14 bits per heavy atom. The molecule has 0 saturated heterocycles. The van der Waals surface area contributed by atoms with E-state index in [1.54, 1.807) is 12.5 Å². The third kappa shape index (κ3) is 4.32. The molecule has 0 aromatic carbocycles. The summed E-state index contributed by atoms with van der Waals surface area (Å²) in [4.78, 5) is 13.1. The number of anilines is 1. The molecule has 2 aromatic heterocycles. The number of nitrogens with zero attached hydrogens (tertiary/aromatic N) is 3. The van der Waals surface area contributed by atoms with Gasteiger partial charge in [0.15, 0.2) is 0 Å². The van der Waals surface area contributed by atoms with Gasteiger partial charge in [0.1, 0.15) is 22.2 Å². The largest absolute Gasteiger partial charge is 0.370 e. The van der Waals surface area contributed by atoms with Crippen molar-refractivity contribution in [3.63, 3.8) is 0 Å². The lowest BCUT2D eigenvalue weighted by atomic mass is 10.2. The zero-order chi connectivity index (χ0) is 15.1. The second kappa shape index (κ2) is 8.20. The fourth-order valence-electron chi connectivity index (χ4n) is 1.89. The van der Waals surface area contributed by atoms with E-state index in [4.69, 9.17) is 11.6 Å². The molecule has 6 heteroatoms. The highest BCUT2D eigenvalue weighted by Gasteiger charge is 2.13. The lowest BCUT2D eigenvalue weighted by Gasteiger charge is -2.13. The molecule has 21 heavy (non-hydrogen) atoms. The van der Waals surface area contributed by atoms with Crippen LogP contribution in [-0.4, -0.2) is 21.5 Å². The van der Waals surface area contributed by atoms with Crippen molar-refractivity contribution in [2.75, 3.05) is 11.9 Å². The molecule has 2 heterocycles. The Balaban J connectivity index is 2.31. The Morgan fingerprint density at radius 3 is 2.71 bits per heavy atom. The minimum Gasteiger partial charge on any atom is -0.370 e. The van der Waals surface area contributed by atoms with Crippen LogP contribution in [0.3, 0.4) is 0 Å². The van der Waals surface area contributed by atoms with Crippen molar-refractivity contribution in [3.05, 3.63) is 35.2 Å². The highest BCUT2D eigenvalue weighted by atomic mass is 35.5. The normalized spacial score (nSPS) is 10.6. The summed E-state index contributed by atoms with van der Waals surface area (Å²) in [6, 6.07) is 3.67. The Morgan fingerprint density at radius 2 is 2.00 bits per heavy atom. The van der Waals surface area contributed by atoms with Gasteiger partial charge in [0, 0.05) is 18.3 Å². The van der Waals surface area contributed by atoms with Crippen molar-refractivity contribution in [2.24, 2.45) is 0 Å². The number of aromatic nitrogens is 3. The monoisotopic (exact) mass is 322 g/mol. The van der Waals surface area contributed by atoms with Crippen molar-refractivity contribution < 1.29 is 0 Å². The first kappa shape index (κ1) is 16.0. The van der Waals surface area contributed by atoms with E-state index >= 15 is 0 Å². The van der Waals surface area contributed by atoms with E-state index < -0.39 is 0 Å². The molecule has 0 amide bonds. The van der Waals surface area contributed by atoms with Crippen LogP contribution in [0.15, 0.2) is 34.7 Å². The molecule has 0 aliphatic carbocycles. The van der Waals surface area contributed by atoms with Crippen LogP contribution < -0.4 is 5.32 Å². The summed E-state index contributed by atoms with van der Waals surface area (Å²) in [6.45, 7) is 5.19. The molecule has 0 radical (unpaired) electrons. The summed E-state index contributed by atoms with van der Waals surface area (Å²) < 4.78 is 0. The van der Waals surface area contributed by atoms with E-state index in [2.05, 4.69) is 34.1 Å². The minimum atomic E-state index is 0.645. The molecule has 0 bridgehead atoms. The van der Waals surface area contributed by atoms with Crippen LogP contribution in [0.5, 0.6) is 0 Å². The van der Waals surface area contributed by atoms with Crippen molar-refractivity contribution in [1.29, 1.82) is 0 Å². The number of rotatable bonds is 7. The van der Waals surface area contributed by atoms with Crippen molar-refractivity contribution in [3.8, 4) is 0 Å². The summed E-state index contributed by atoms with van der Waals surface area (Å²) in [5.74, 6) is 0.920. The van der Waals surface area contributed by atoms with Gasteiger partial charge in [-0.1, -0.05) is 31.9 Å². The molecule has 0 aliphatic heterocycles. The van der Waals surface area contributed by atoms with Gasteiger partial charge in [0.25, 0.3) is 0 Å². The first-order valence-electron chi connectivity index (χ1n) is 7.12. The molecule has 112 valence electrons. The van der Waals surface area contributed by atoms with Gasteiger partial charge >= 0.3 is 0 Å². The first-order valence-corrected chi connectivity index (χ1v) is 8.31. The van der Waals surface area contributed by atoms with E-state index in [1.807, 2.05) is 12.1 Å². The second-order valence-electron chi connectivity index (χ2n) is 4.58. The molecule has 2 rings (SSSR count). The molecule has 0 unspecified atom stereocenters. The maximum atomic E-state index is 6.18. The predicted octanol–water partition coefficient (Wildman–Crippen LogP) is 4.45. The van der Waals surface area contributed by atoms with E-state index in [0.29, 0.717) is 5.02 Å². The van der Waals surface area contributed by atoms with Crippen LogP contribution >= 0.6 is 23.4 Å². The molecule has 0 spiro atoms. The number of hydrogen-bond acceptors (Lipinski definition) is 5. The Kier molecular flexibility index (Phi) is 6.26. The zero-order valence-corrected chi connectivity index (χ0v) is 13.8. The Hall–Kier alpha value is -1.33.